The highest BCUT2D eigenvalue weighted by Gasteiger charge is 2.09. The van der Waals surface area contributed by atoms with Crippen LogP contribution in [0.2, 0.25) is 0 Å². The molecule has 7 heteroatoms. The first-order valence-electron chi connectivity index (χ1n) is 6.80. The molecular formula is C16H14BrFN2O3. The zero-order valence-electron chi connectivity index (χ0n) is 12.2. The SMILES string of the molecule is CCOC(=O)c1ccc(NC(=O)Nc2ccc(Br)cc2F)cc1. The number of urea groups is 1. The molecule has 2 aromatic carbocycles. The number of carbonyl (C=O) groups is 2. The highest BCUT2D eigenvalue weighted by molar-refractivity contribution is 9.10. The minimum Gasteiger partial charge on any atom is -0.462 e. The molecule has 5 nitrogen and oxygen atoms in total. The van der Waals surface area contributed by atoms with Gasteiger partial charge in [0.15, 0.2) is 0 Å². The first-order chi connectivity index (χ1) is 11.0. The molecule has 0 aliphatic rings. The van der Waals surface area contributed by atoms with Gasteiger partial charge in [-0.25, -0.2) is 14.0 Å². The molecule has 2 N–H and O–H groups in total. The van der Waals surface area contributed by atoms with Gasteiger partial charge in [0.2, 0.25) is 0 Å². The number of rotatable bonds is 4. The Hall–Kier alpha value is -2.41. The van der Waals surface area contributed by atoms with Crippen molar-refractivity contribution in [2.45, 2.75) is 6.92 Å². The molecule has 0 saturated carbocycles. The Bertz CT molecular complexity index is 720. The summed E-state index contributed by atoms with van der Waals surface area (Å²) in [6.07, 6.45) is 0. The quantitative estimate of drug-likeness (QED) is 0.771. The summed E-state index contributed by atoms with van der Waals surface area (Å²) in [5, 5.41) is 4.96. The molecule has 2 rings (SSSR count). The summed E-state index contributed by atoms with van der Waals surface area (Å²) in [5.74, 6) is -0.979. The summed E-state index contributed by atoms with van der Waals surface area (Å²) in [6, 6.07) is 9.92. The van der Waals surface area contributed by atoms with Crippen LogP contribution < -0.4 is 10.6 Å². The molecule has 23 heavy (non-hydrogen) atoms. The zero-order valence-corrected chi connectivity index (χ0v) is 13.8. The molecule has 0 aliphatic heterocycles. The van der Waals surface area contributed by atoms with Crippen molar-refractivity contribution in [1.82, 2.24) is 0 Å². The topological polar surface area (TPSA) is 67.4 Å². The summed E-state index contributed by atoms with van der Waals surface area (Å²) in [4.78, 5) is 23.4. The Kier molecular flexibility index (Phi) is 5.70. The number of amides is 2. The lowest BCUT2D eigenvalue weighted by Crippen LogP contribution is -2.20. The molecule has 0 radical (unpaired) electrons. The van der Waals surface area contributed by atoms with Crippen LogP contribution in [-0.2, 0) is 4.74 Å². The standard InChI is InChI=1S/C16H14BrFN2O3/c1-2-23-15(21)10-3-6-12(7-4-10)19-16(22)20-14-8-5-11(17)9-13(14)18/h3-9H,2H2,1H3,(H2,19,20,22). The number of hydrogen-bond acceptors (Lipinski definition) is 3. The van der Waals surface area contributed by atoms with Gasteiger partial charge in [0, 0.05) is 10.2 Å². The number of benzene rings is 2. The molecule has 0 fully saturated rings. The average Bonchev–Trinajstić information content (AvgIpc) is 2.51. The van der Waals surface area contributed by atoms with Crippen molar-refractivity contribution in [2.24, 2.45) is 0 Å². The predicted molar refractivity (Wildman–Crippen MR) is 89.1 cm³/mol. The van der Waals surface area contributed by atoms with Crippen LogP contribution in [0.15, 0.2) is 46.9 Å². The van der Waals surface area contributed by atoms with Gasteiger partial charge >= 0.3 is 12.0 Å². The van der Waals surface area contributed by atoms with E-state index < -0.39 is 17.8 Å². The van der Waals surface area contributed by atoms with Crippen LogP contribution in [0, 0.1) is 5.82 Å². The van der Waals surface area contributed by atoms with Crippen molar-refractivity contribution in [3.63, 3.8) is 0 Å². The van der Waals surface area contributed by atoms with E-state index >= 15 is 0 Å². The summed E-state index contributed by atoms with van der Waals surface area (Å²) in [5.41, 5.74) is 0.915. The van der Waals surface area contributed by atoms with Crippen molar-refractivity contribution in [3.8, 4) is 0 Å². The smallest absolute Gasteiger partial charge is 0.338 e. The third kappa shape index (κ3) is 4.79. The Morgan fingerprint density at radius 3 is 2.43 bits per heavy atom. The van der Waals surface area contributed by atoms with E-state index in [1.165, 1.54) is 24.3 Å². The number of carbonyl (C=O) groups excluding carboxylic acids is 2. The van der Waals surface area contributed by atoms with Gasteiger partial charge < -0.3 is 15.4 Å². The molecular weight excluding hydrogens is 367 g/mol. The van der Waals surface area contributed by atoms with Crippen molar-refractivity contribution in [3.05, 3.63) is 58.3 Å². The van der Waals surface area contributed by atoms with Gasteiger partial charge in [-0.1, -0.05) is 15.9 Å². The van der Waals surface area contributed by atoms with Crippen LogP contribution in [0.3, 0.4) is 0 Å². The second-order valence-corrected chi connectivity index (χ2v) is 5.42. The van der Waals surface area contributed by atoms with Gasteiger partial charge in [-0.15, -0.1) is 0 Å². The van der Waals surface area contributed by atoms with E-state index in [4.69, 9.17) is 4.74 Å². The minimum absolute atomic E-state index is 0.0637. The molecule has 2 amide bonds. The molecule has 0 aromatic heterocycles. The molecule has 0 unspecified atom stereocenters. The molecule has 2 aromatic rings. The fourth-order valence-electron chi connectivity index (χ4n) is 1.78. The number of hydrogen-bond donors (Lipinski definition) is 2. The Labute approximate surface area is 141 Å². The maximum atomic E-state index is 13.6. The van der Waals surface area contributed by atoms with Gasteiger partial charge in [0.05, 0.1) is 17.9 Å². The summed E-state index contributed by atoms with van der Waals surface area (Å²) < 4.78 is 19.1. The average molecular weight is 381 g/mol. The third-order valence-electron chi connectivity index (χ3n) is 2.83. The summed E-state index contributed by atoms with van der Waals surface area (Å²) in [6.45, 7) is 2.01. The number of nitrogens with one attached hydrogen (secondary N) is 2. The lowest BCUT2D eigenvalue weighted by atomic mass is 10.2. The van der Waals surface area contributed by atoms with E-state index in [-0.39, 0.29) is 5.69 Å². The van der Waals surface area contributed by atoms with Crippen molar-refractivity contribution in [2.75, 3.05) is 17.2 Å². The predicted octanol–water partition coefficient (Wildman–Crippen LogP) is 4.41. The minimum atomic E-state index is -0.588. The van der Waals surface area contributed by atoms with Crippen LogP contribution in [0.25, 0.3) is 0 Å². The fourth-order valence-corrected chi connectivity index (χ4v) is 2.11. The number of ether oxygens (including phenoxy) is 1. The zero-order chi connectivity index (χ0) is 16.8. The highest BCUT2D eigenvalue weighted by atomic mass is 79.9. The first kappa shape index (κ1) is 17.0. The number of anilines is 2. The van der Waals surface area contributed by atoms with Crippen LogP contribution in [0.4, 0.5) is 20.6 Å². The Balaban J connectivity index is 1.98. The van der Waals surface area contributed by atoms with E-state index in [0.717, 1.165) is 0 Å². The first-order valence-corrected chi connectivity index (χ1v) is 7.59. The van der Waals surface area contributed by atoms with E-state index in [0.29, 0.717) is 22.3 Å². The highest BCUT2D eigenvalue weighted by Crippen LogP contribution is 2.19. The summed E-state index contributed by atoms with van der Waals surface area (Å²) in [7, 11) is 0. The second-order valence-electron chi connectivity index (χ2n) is 4.50. The van der Waals surface area contributed by atoms with Crippen LogP contribution in [-0.4, -0.2) is 18.6 Å². The third-order valence-corrected chi connectivity index (χ3v) is 3.33. The van der Waals surface area contributed by atoms with Crippen molar-refractivity contribution >= 4 is 39.3 Å². The largest absolute Gasteiger partial charge is 0.462 e. The van der Waals surface area contributed by atoms with Gasteiger partial charge in [-0.05, 0) is 49.4 Å². The number of halogens is 2. The molecule has 0 saturated heterocycles. The van der Waals surface area contributed by atoms with Crippen LogP contribution in [0.5, 0.6) is 0 Å². The fraction of sp³-hybridized carbons (Fsp3) is 0.125. The van der Waals surface area contributed by atoms with Gasteiger partial charge in [0.25, 0.3) is 0 Å². The lowest BCUT2D eigenvalue weighted by Gasteiger charge is -2.09. The van der Waals surface area contributed by atoms with Gasteiger partial charge in [-0.2, -0.15) is 0 Å². The Morgan fingerprint density at radius 1 is 1.13 bits per heavy atom. The molecule has 0 aliphatic carbocycles. The van der Waals surface area contributed by atoms with E-state index in [2.05, 4.69) is 26.6 Å². The van der Waals surface area contributed by atoms with Gasteiger partial charge in [-0.3, -0.25) is 0 Å². The van der Waals surface area contributed by atoms with E-state index in [9.17, 15) is 14.0 Å². The molecule has 0 spiro atoms. The molecule has 0 heterocycles. The van der Waals surface area contributed by atoms with Crippen LogP contribution in [0.1, 0.15) is 17.3 Å². The van der Waals surface area contributed by atoms with Crippen LogP contribution >= 0.6 is 15.9 Å². The monoisotopic (exact) mass is 380 g/mol. The second kappa shape index (κ2) is 7.73. The van der Waals surface area contributed by atoms with Crippen molar-refractivity contribution in [1.29, 1.82) is 0 Å². The lowest BCUT2D eigenvalue weighted by molar-refractivity contribution is 0.0526. The van der Waals surface area contributed by atoms with E-state index in [1.807, 2.05) is 0 Å². The maximum Gasteiger partial charge on any atom is 0.338 e. The van der Waals surface area contributed by atoms with Crippen molar-refractivity contribution < 1.29 is 18.7 Å². The number of esters is 1. The molecule has 0 atom stereocenters. The Morgan fingerprint density at radius 2 is 1.83 bits per heavy atom. The molecule has 0 bridgehead atoms. The molecule has 120 valence electrons. The normalized spacial score (nSPS) is 10.0. The maximum absolute atomic E-state index is 13.6. The van der Waals surface area contributed by atoms with Gasteiger partial charge in [0.1, 0.15) is 5.82 Å². The summed E-state index contributed by atoms with van der Waals surface area (Å²) >= 11 is 3.14. The van der Waals surface area contributed by atoms with E-state index in [1.54, 1.807) is 25.1 Å².